The molecule has 0 bridgehead atoms. The van der Waals surface area contributed by atoms with Gasteiger partial charge in [0, 0.05) is 26.0 Å². The topological polar surface area (TPSA) is 79.6 Å². The number of likely N-dealkylation sites (tertiary alicyclic amines) is 1. The smallest absolute Gasteiger partial charge is 0.234 e. The molecule has 0 aliphatic carbocycles. The number of aromatic nitrogens is 2. The molecule has 1 saturated heterocycles. The highest BCUT2D eigenvalue weighted by molar-refractivity contribution is 5.78. The second-order valence-electron chi connectivity index (χ2n) is 7.08. The number of methoxy groups -OCH3 is 1. The summed E-state index contributed by atoms with van der Waals surface area (Å²) in [5.41, 5.74) is 1.04. The molecule has 3 rings (SSSR count). The van der Waals surface area contributed by atoms with Crippen molar-refractivity contribution >= 4 is 5.91 Å². The third-order valence-electron chi connectivity index (χ3n) is 5.22. The monoisotopic (exact) mass is 372 g/mol. The molecule has 146 valence electrons. The summed E-state index contributed by atoms with van der Waals surface area (Å²) in [6.07, 6.45) is 4.73. The third-order valence-corrected chi connectivity index (χ3v) is 5.22. The van der Waals surface area contributed by atoms with Gasteiger partial charge in [0.1, 0.15) is 17.7 Å². The summed E-state index contributed by atoms with van der Waals surface area (Å²) >= 11 is 0. The molecule has 27 heavy (non-hydrogen) atoms. The lowest BCUT2D eigenvalue weighted by Crippen LogP contribution is -2.42. The van der Waals surface area contributed by atoms with Crippen LogP contribution in [0.4, 0.5) is 0 Å². The predicted octanol–water partition coefficient (Wildman–Crippen LogP) is 1.49. The first-order valence-corrected chi connectivity index (χ1v) is 9.34. The van der Waals surface area contributed by atoms with E-state index in [1.807, 2.05) is 42.1 Å². The van der Waals surface area contributed by atoms with Gasteiger partial charge in [-0.3, -0.25) is 9.69 Å². The van der Waals surface area contributed by atoms with Crippen LogP contribution < -0.4 is 10.1 Å². The summed E-state index contributed by atoms with van der Waals surface area (Å²) in [6, 6.07) is 7.67. The molecule has 1 aliphatic rings. The van der Waals surface area contributed by atoms with Gasteiger partial charge in [-0.1, -0.05) is 12.1 Å². The normalized spacial score (nSPS) is 16.9. The Kier molecular flexibility index (Phi) is 6.47. The van der Waals surface area contributed by atoms with Gasteiger partial charge in [0.25, 0.3) is 0 Å². The average molecular weight is 372 g/mol. The zero-order valence-electron chi connectivity index (χ0n) is 16.0. The minimum atomic E-state index is -0.545. The number of aliphatic hydroxyl groups excluding tert-OH is 1. The van der Waals surface area contributed by atoms with Crippen molar-refractivity contribution in [2.45, 2.75) is 25.5 Å². The van der Waals surface area contributed by atoms with Crippen molar-refractivity contribution in [3.63, 3.8) is 0 Å². The standard InChI is InChI=1S/C20H28N4O3/c1-23-12-9-21-20(23)19(26)16-7-10-24(11-8-16)14-18(25)22-13-15-3-5-17(27-2)6-4-15/h3-6,9,12,16,19,26H,7-8,10-11,13-14H2,1-2H3,(H,22,25)/t19-/m1/s1. The molecule has 1 amide bonds. The number of hydrogen-bond acceptors (Lipinski definition) is 5. The molecular formula is C20H28N4O3. The number of nitrogens with one attached hydrogen (secondary N) is 1. The van der Waals surface area contributed by atoms with Gasteiger partial charge in [0.05, 0.1) is 13.7 Å². The Balaban J connectivity index is 1.40. The zero-order chi connectivity index (χ0) is 19.2. The van der Waals surface area contributed by atoms with Crippen molar-refractivity contribution < 1.29 is 14.6 Å². The van der Waals surface area contributed by atoms with E-state index in [2.05, 4.69) is 15.2 Å². The molecule has 0 spiro atoms. The molecule has 2 heterocycles. The van der Waals surface area contributed by atoms with E-state index in [0.29, 0.717) is 18.9 Å². The Bertz CT molecular complexity index is 736. The lowest BCUT2D eigenvalue weighted by atomic mass is 9.90. The quantitative estimate of drug-likeness (QED) is 0.770. The largest absolute Gasteiger partial charge is 0.497 e. The molecule has 1 fully saturated rings. The number of ether oxygens (including phenoxy) is 1. The minimum Gasteiger partial charge on any atom is -0.497 e. The molecule has 1 aliphatic heterocycles. The second-order valence-corrected chi connectivity index (χ2v) is 7.08. The van der Waals surface area contributed by atoms with Crippen LogP contribution in [0.25, 0.3) is 0 Å². The van der Waals surface area contributed by atoms with E-state index in [1.165, 1.54) is 0 Å². The highest BCUT2D eigenvalue weighted by Crippen LogP contribution is 2.29. The highest BCUT2D eigenvalue weighted by Gasteiger charge is 2.28. The van der Waals surface area contributed by atoms with Crippen LogP contribution in [0.15, 0.2) is 36.7 Å². The van der Waals surface area contributed by atoms with Gasteiger partial charge in [-0.25, -0.2) is 4.98 Å². The number of nitrogens with zero attached hydrogens (tertiary/aromatic N) is 3. The van der Waals surface area contributed by atoms with Gasteiger partial charge in [-0.2, -0.15) is 0 Å². The van der Waals surface area contributed by atoms with E-state index in [9.17, 15) is 9.90 Å². The third kappa shape index (κ3) is 5.08. The number of rotatable bonds is 7. The van der Waals surface area contributed by atoms with Crippen LogP contribution in [0.5, 0.6) is 5.75 Å². The van der Waals surface area contributed by atoms with Gasteiger partial charge in [-0.05, 0) is 49.5 Å². The predicted molar refractivity (Wildman–Crippen MR) is 102 cm³/mol. The number of carbonyl (C=O) groups excluding carboxylic acids is 1. The number of amides is 1. The number of aliphatic hydroxyl groups is 1. The van der Waals surface area contributed by atoms with Crippen molar-refractivity contribution in [1.82, 2.24) is 19.8 Å². The summed E-state index contributed by atoms with van der Waals surface area (Å²) in [6.45, 7) is 2.52. The summed E-state index contributed by atoms with van der Waals surface area (Å²) in [7, 11) is 3.53. The molecule has 0 unspecified atom stereocenters. The first-order chi connectivity index (χ1) is 13.1. The molecule has 0 saturated carbocycles. The Labute approximate surface area is 160 Å². The van der Waals surface area contributed by atoms with Crippen molar-refractivity contribution in [3.05, 3.63) is 48.0 Å². The maximum Gasteiger partial charge on any atom is 0.234 e. The van der Waals surface area contributed by atoms with Gasteiger partial charge >= 0.3 is 0 Å². The lowest BCUT2D eigenvalue weighted by Gasteiger charge is -2.33. The summed E-state index contributed by atoms with van der Waals surface area (Å²) in [4.78, 5) is 18.6. The fraction of sp³-hybridized carbons (Fsp3) is 0.500. The van der Waals surface area contributed by atoms with Gasteiger partial charge in [0.15, 0.2) is 0 Å². The van der Waals surface area contributed by atoms with Crippen molar-refractivity contribution in [1.29, 1.82) is 0 Å². The number of aryl methyl sites for hydroxylation is 1. The molecule has 2 aromatic rings. The fourth-order valence-corrected chi connectivity index (χ4v) is 3.50. The lowest BCUT2D eigenvalue weighted by molar-refractivity contribution is -0.122. The Hall–Kier alpha value is -2.38. The highest BCUT2D eigenvalue weighted by atomic mass is 16.5. The number of hydrogen-bond donors (Lipinski definition) is 2. The summed E-state index contributed by atoms with van der Waals surface area (Å²) in [5, 5.41) is 13.5. The second kappa shape index (κ2) is 9.01. The van der Waals surface area contributed by atoms with E-state index >= 15 is 0 Å². The van der Waals surface area contributed by atoms with Crippen LogP contribution in [0.2, 0.25) is 0 Å². The van der Waals surface area contributed by atoms with Crippen molar-refractivity contribution in [3.8, 4) is 5.75 Å². The molecule has 7 nitrogen and oxygen atoms in total. The number of imidazole rings is 1. The average Bonchev–Trinajstić information content (AvgIpc) is 3.12. The van der Waals surface area contributed by atoms with Gasteiger partial charge in [-0.15, -0.1) is 0 Å². The molecule has 1 aromatic heterocycles. The Morgan fingerprint density at radius 1 is 1.33 bits per heavy atom. The molecule has 0 radical (unpaired) electrons. The molecular weight excluding hydrogens is 344 g/mol. The van der Waals surface area contributed by atoms with E-state index in [-0.39, 0.29) is 11.8 Å². The van der Waals surface area contributed by atoms with Crippen LogP contribution in [0.3, 0.4) is 0 Å². The van der Waals surface area contributed by atoms with E-state index in [1.54, 1.807) is 13.3 Å². The molecule has 1 atom stereocenters. The fourth-order valence-electron chi connectivity index (χ4n) is 3.50. The minimum absolute atomic E-state index is 0.0221. The maximum atomic E-state index is 12.2. The van der Waals surface area contributed by atoms with E-state index in [0.717, 1.165) is 37.2 Å². The van der Waals surface area contributed by atoms with Crippen LogP contribution in [-0.2, 0) is 18.4 Å². The number of benzene rings is 1. The van der Waals surface area contributed by atoms with Gasteiger partial charge in [0.2, 0.25) is 5.91 Å². The summed E-state index contributed by atoms with van der Waals surface area (Å²) < 4.78 is 7.00. The van der Waals surface area contributed by atoms with Crippen LogP contribution >= 0.6 is 0 Å². The maximum absolute atomic E-state index is 12.2. The van der Waals surface area contributed by atoms with Gasteiger partial charge < -0.3 is 19.7 Å². The molecule has 1 aromatic carbocycles. The first-order valence-electron chi connectivity index (χ1n) is 9.34. The number of piperidine rings is 1. The van der Waals surface area contributed by atoms with E-state index in [4.69, 9.17) is 4.74 Å². The zero-order valence-corrected chi connectivity index (χ0v) is 16.0. The summed E-state index contributed by atoms with van der Waals surface area (Å²) in [5.74, 6) is 1.73. The molecule has 7 heteroatoms. The van der Waals surface area contributed by atoms with Crippen LogP contribution in [-0.4, -0.2) is 52.2 Å². The first kappa shape index (κ1) is 19.4. The molecule has 2 N–H and O–H groups in total. The van der Waals surface area contributed by atoms with Crippen LogP contribution in [0, 0.1) is 5.92 Å². The van der Waals surface area contributed by atoms with Crippen LogP contribution in [0.1, 0.15) is 30.3 Å². The SMILES string of the molecule is COc1ccc(CNC(=O)CN2CCC([C@@H](O)c3nccn3C)CC2)cc1. The Morgan fingerprint density at radius 2 is 2.04 bits per heavy atom. The van der Waals surface area contributed by atoms with Crippen molar-refractivity contribution in [2.24, 2.45) is 13.0 Å². The van der Waals surface area contributed by atoms with Crippen molar-refractivity contribution in [2.75, 3.05) is 26.7 Å². The van der Waals surface area contributed by atoms with E-state index < -0.39 is 6.10 Å². The Morgan fingerprint density at radius 3 is 2.63 bits per heavy atom. The number of carbonyl (C=O) groups is 1.